The van der Waals surface area contributed by atoms with E-state index in [2.05, 4.69) is 43.0 Å². The van der Waals surface area contributed by atoms with Crippen molar-refractivity contribution in [2.75, 3.05) is 24.6 Å². The topological polar surface area (TPSA) is 98.4 Å². The summed E-state index contributed by atoms with van der Waals surface area (Å²) in [5.41, 5.74) is 5.55. The second kappa shape index (κ2) is 12.2. The van der Waals surface area contributed by atoms with Crippen LogP contribution in [0.3, 0.4) is 0 Å². The van der Waals surface area contributed by atoms with E-state index in [0.29, 0.717) is 42.4 Å². The first kappa shape index (κ1) is 31.8. The number of piperidine rings is 1. The molecule has 6 bridgehead atoms. The largest absolute Gasteiger partial charge is 0.486 e. The molecule has 0 aliphatic carbocycles. The summed E-state index contributed by atoms with van der Waals surface area (Å²) >= 11 is 0. The van der Waals surface area contributed by atoms with Crippen molar-refractivity contribution in [3.8, 4) is 28.1 Å². The Labute approximate surface area is 270 Å². The van der Waals surface area contributed by atoms with E-state index < -0.39 is 17.7 Å². The first-order valence-corrected chi connectivity index (χ1v) is 16.0. The number of fused-ring (bicyclic) bond motifs is 6. The number of nitrogens with zero attached hydrogens (tertiary/aromatic N) is 4. The molecule has 0 saturated carbocycles. The van der Waals surface area contributed by atoms with Gasteiger partial charge >= 0.3 is 5.97 Å². The summed E-state index contributed by atoms with van der Waals surface area (Å²) in [6, 6.07) is 16.5. The summed E-state index contributed by atoms with van der Waals surface area (Å²) in [5.74, 6) is 0.438. The van der Waals surface area contributed by atoms with Crippen LogP contribution < -0.4 is 9.64 Å². The van der Waals surface area contributed by atoms with Crippen molar-refractivity contribution in [1.29, 1.82) is 0 Å². The van der Waals surface area contributed by atoms with Crippen LogP contribution in [-0.2, 0) is 14.3 Å². The Hall–Kier alpha value is -4.21. The quantitative estimate of drug-likeness (QED) is 0.237. The van der Waals surface area contributed by atoms with Crippen molar-refractivity contribution in [2.45, 2.75) is 84.7 Å². The van der Waals surface area contributed by atoms with Crippen LogP contribution in [0.2, 0.25) is 0 Å². The fraction of sp³-hybridized carbons (Fsp3) is 0.432. The van der Waals surface area contributed by atoms with Crippen LogP contribution in [0, 0.1) is 13.8 Å². The minimum atomic E-state index is -1.22. The monoisotopic (exact) mass is 624 g/mol. The number of aryl methyl sites for hydroxylation is 2. The molecule has 4 aromatic rings. The Morgan fingerprint density at radius 3 is 2.54 bits per heavy atom. The fourth-order valence-electron chi connectivity index (χ4n) is 6.34. The van der Waals surface area contributed by atoms with Gasteiger partial charge in [0.05, 0.1) is 29.1 Å². The Bertz CT molecular complexity index is 1800. The molecule has 0 radical (unpaired) electrons. The number of carbonyl (C=O) groups is 1. The highest BCUT2D eigenvalue weighted by atomic mass is 16.5. The van der Waals surface area contributed by atoms with Gasteiger partial charge in [-0.05, 0) is 91.1 Å². The summed E-state index contributed by atoms with van der Waals surface area (Å²) in [5, 5.41) is 15.6. The number of benzene rings is 2. The molecule has 46 heavy (non-hydrogen) atoms. The number of aromatic nitrogens is 3. The number of carboxylic acid groups (broad SMARTS) is 1. The number of rotatable bonds is 3. The molecule has 242 valence electrons. The zero-order chi connectivity index (χ0) is 32.8. The van der Waals surface area contributed by atoms with Crippen LogP contribution in [0.5, 0.6) is 5.75 Å². The lowest BCUT2D eigenvalue weighted by molar-refractivity contribution is -0.160. The predicted molar refractivity (Wildman–Crippen MR) is 180 cm³/mol. The molecule has 0 amide bonds. The molecule has 2 atom stereocenters. The van der Waals surface area contributed by atoms with Crippen molar-refractivity contribution in [1.82, 2.24) is 14.6 Å². The highest BCUT2D eigenvalue weighted by Crippen LogP contribution is 2.39. The van der Waals surface area contributed by atoms with Gasteiger partial charge in [0.2, 0.25) is 0 Å². The zero-order valence-corrected chi connectivity index (χ0v) is 27.8. The highest BCUT2D eigenvalue weighted by molar-refractivity contribution is 5.80. The molecular formula is C37H44N4O5. The van der Waals surface area contributed by atoms with Gasteiger partial charge in [0, 0.05) is 36.0 Å². The lowest BCUT2D eigenvalue weighted by Gasteiger charge is -2.41. The number of anilines is 1. The van der Waals surface area contributed by atoms with Crippen LogP contribution in [0.25, 0.3) is 28.0 Å². The number of aliphatic carboxylic acids is 1. The molecule has 1 fully saturated rings. The maximum absolute atomic E-state index is 12.8. The normalized spacial score (nSPS) is 20.9. The molecule has 1 saturated heterocycles. The Kier molecular flexibility index (Phi) is 8.42. The lowest BCUT2D eigenvalue weighted by Crippen LogP contribution is -2.45. The molecule has 1 N–H and O–H groups in total. The highest BCUT2D eigenvalue weighted by Gasteiger charge is 2.37. The predicted octanol–water partition coefficient (Wildman–Crippen LogP) is 7.33. The molecule has 5 heterocycles. The first-order chi connectivity index (χ1) is 21.8. The molecule has 9 heteroatoms. The molecule has 2 aromatic heterocycles. The van der Waals surface area contributed by atoms with E-state index in [1.807, 2.05) is 71.0 Å². The van der Waals surface area contributed by atoms with Gasteiger partial charge < -0.3 is 24.2 Å². The number of ether oxygens (including phenoxy) is 3. The van der Waals surface area contributed by atoms with E-state index in [0.717, 1.165) is 46.5 Å². The Balaban J connectivity index is 1.56. The van der Waals surface area contributed by atoms with Crippen LogP contribution in [-0.4, -0.2) is 62.7 Å². The second-order valence-electron chi connectivity index (χ2n) is 13.8. The van der Waals surface area contributed by atoms with Gasteiger partial charge in [0.15, 0.2) is 11.8 Å². The van der Waals surface area contributed by atoms with Crippen LogP contribution >= 0.6 is 0 Å². The molecule has 9 nitrogen and oxygen atoms in total. The van der Waals surface area contributed by atoms with Gasteiger partial charge in [0.1, 0.15) is 17.7 Å². The van der Waals surface area contributed by atoms with Gasteiger partial charge in [-0.15, -0.1) is 0 Å². The molecule has 7 rings (SSSR count). The van der Waals surface area contributed by atoms with E-state index >= 15 is 0 Å². The average Bonchev–Trinajstić information content (AvgIpc) is 3.42. The number of carboxylic acids is 1. The van der Waals surface area contributed by atoms with E-state index in [4.69, 9.17) is 24.3 Å². The minimum absolute atomic E-state index is 0.147. The molecule has 0 spiro atoms. The second-order valence-corrected chi connectivity index (χ2v) is 13.8. The van der Waals surface area contributed by atoms with E-state index in [1.165, 1.54) is 0 Å². The SMILES string of the molecule is Cc1ccc2c(c1)-c1cccc(c1)-c1cc3nc(C)c([C@H](OC(C)(C)C)C(=O)O)c(n3n1)N1CCC(C)(CC1)OCC=C[C@@H](C)O2. The van der Waals surface area contributed by atoms with Gasteiger partial charge in [-0.3, -0.25) is 0 Å². The van der Waals surface area contributed by atoms with E-state index in [1.54, 1.807) is 4.52 Å². The van der Waals surface area contributed by atoms with Gasteiger partial charge in [-0.1, -0.05) is 35.9 Å². The van der Waals surface area contributed by atoms with Crippen LogP contribution in [0.1, 0.15) is 70.4 Å². The lowest BCUT2D eigenvalue weighted by atomic mass is 9.92. The van der Waals surface area contributed by atoms with Crippen molar-refractivity contribution in [2.24, 2.45) is 0 Å². The molecule has 2 aromatic carbocycles. The third kappa shape index (κ3) is 6.52. The minimum Gasteiger partial charge on any atom is -0.486 e. The molecule has 3 aliphatic rings. The van der Waals surface area contributed by atoms with Gasteiger partial charge in [0.25, 0.3) is 0 Å². The smallest absolute Gasteiger partial charge is 0.337 e. The molecule has 3 aliphatic heterocycles. The third-order valence-corrected chi connectivity index (χ3v) is 8.74. The summed E-state index contributed by atoms with van der Waals surface area (Å²) in [6.07, 6.45) is 4.23. The fourth-order valence-corrected chi connectivity index (χ4v) is 6.34. The number of hydrogen-bond donors (Lipinski definition) is 1. The van der Waals surface area contributed by atoms with E-state index in [9.17, 15) is 9.90 Å². The average molecular weight is 625 g/mol. The maximum Gasteiger partial charge on any atom is 0.337 e. The first-order valence-electron chi connectivity index (χ1n) is 16.0. The molecule has 0 unspecified atom stereocenters. The zero-order valence-electron chi connectivity index (χ0n) is 27.8. The van der Waals surface area contributed by atoms with Crippen LogP contribution in [0.4, 0.5) is 5.82 Å². The van der Waals surface area contributed by atoms with Crippen LogP contribution in [0.15, 0.2) is 60.7 Å². The summed E-state index contributed by atoms with van der Waals surface area (Å²) in [6.45, 7) is 15.5. The molecular weight excluding hydrogens is 580 g/mol. The Morgan fingerprint density at radius 2 is 1.83 bits per heavy atom. The van der Waals surface area contributed by atoms with Crippen molar-refractivity contribution in [3.05, 3.63) is 77.5 Å². The van der Waals surface area contributed by atoms with Crippen molar-refractivity contribution < 1.29 is 24.1 Å². The number of hydrogen-bond acceptors (Lipinski definition) is 7. The van der Waals surface area contributed by atoms with Gasteiger partial charge in [-0.2, -0.15) is 9.61 Å². The third-order valence-electron chi connectivity index (χ3n) is 8.74. The summed E-state index contributed by atoms with van der Waals surface area (Å²) in [4.78, 5) is 19.9. The standard InChI is InChI=1S/C37H44N4O5/c1-23-13-14-30-28(20-23)26-11-8-12-27(21-26)29-22-31-38-25(3)32(33(35(42)43)46-36(4,5)6)34(41(31)39-29)40-17-15-37(7,16-18-40)44-19-9-10-24(2)45-30/h8-14,20-22,24,33H,15-19H2,1-7H3,(H,42,43)/t24-,33+/m1/s1. The van der Waals surface area contributed by atoms with Gasteiger partial charge in [-0.25, -0.2) is 9.78 Å². The maximum atomic E-state index is 12.8. The van der Waals surface area contributed by atoms with Crippen molar-refractivity contribution >= 4 is 17.4 Å². The Morgan fingerprint density at radius 1 is 1.09 bits per heavy atom. The van der Waals surface area contributed by atoms with Crippen molar-refractivity contribution in [3.63, 3.8) is 0 Å². The summed E-state index contributed by atoms with van der Waals surface area (Å²) in [7, 11) is 0. The summed E-state index contributed by atoms with van der Waals surface area (Å²) < 4.78 is 20.9. The van der Waals surface area contributed by atoms with E-state index in [-0.39, 0.29) is 11.7 Å².